The molecule has 1 heterocycles. The van der Waals surface area contributed by atoms with Crippen LogP contribution in [0.15, 0.2) is 45.9 Å². The zero-order chi connectivity index (χ0) is 13.0. The average molecular weight is 264 g/mol. The van der Waals surface area contributed by atoms with E-state index in [4.69, 9.17) is 4.42 Å². The minimum absolute atomic E-state index is 0.215. The summed E-state index contributed by atoms with van der Waals surface area (Å²) in [7, 11) is 1.33. The molecule has 0 saturated heterocycles. The van der Waals surface area contributed by atoms with E-state index in [1.165, 1.54) is 25.1 Å². The molecule has 2 rings (SSSR count). The highest BCUT2D eigenvalue weighted by Gasteiger charge is 2.14. The largest absolute Gasteiger partial charge is 0.508 e. The van der Waals surface area contributed by atoms with Crippen LogP contribution < -0.4 is 0 Å². The van der Waals surface area contributed by atoms with Gasteiger partial charge in [0, 0.05) is 4.90 Å². The number of ether oxygens (including phenoxy) is 1. The summed E-state index contributed by atoms with van der Waals surface area (Å²) >= 11 is 1.47. The van der Waals surface area contributed by atoms with Crippen LogP contribution in [-0.2, 0) is 10.5 Å². The molecular weight excluding hydrogens is 252 g/mol. The Hall–Kier alpha value is -1.88. The smallest absolute Gasteiger partial charge is 0.341 e. The van der Waals surface area contributed by atoms with Crippen molar-refractivity contribution in [2.45, 2.75) is 10.6 Å². The van der Waals surface area contributed by atoms with E-state index in [9.17, 15) is 9.90 Å². The van der Waals surface area contributed by atoms with Crippen LogP contribution in [0.4, 0.5) is 0 Å². The first kappa shape index (κ1) is 12.6. The second-order valence-electron chi connectivity index (χ2n) is 3.54. The number of hydrogen-bond acceptors (Lipinski definition) is 5. The van der Waals surface area contributed by atoms with Crippen LogP contribution in [0.1, 0.15) is 16.1 Å². The molecule has 1 N–H and O–H groups in total. The van der Waals surface area contributed by atoms with Crippen LogP contribution in [0.25, 0.3) is 0 Å². The van der Waals surface area contributed by atoms with Crippen molar-refractivity contribution < 1.29 is 19.1 Å². The minimum Gasteiger partial charge on any atom is -0.508 e. The highest BCUT2D eigenvalue weighted by atomic mass is 32.2. The Morgan fingerprint density at radius 3 is 3.00 bits per heavy atom. The third-order valence-electron chi connectivity index (χ3n) is 2.34. The van der Waals surface area contributed by atoms with Crippen molar-refractivity contribution in [3.8, 4) is 5.75 Å². The fourth-order valence-electron chi connectivity index (χ4n) is 1.47. The van der Waals surface area contributed by atoms with Gasteiger partial charge in [-0.15, -0.1) is 11.8 Å². The molecule has 5 heteroatoms. The predicted octanol–water partition coefficient (Wildman–Crippen LogP) is 3.06. The summed E-state index contributed by atoms with van der Waals surface area (Å²) in [5, 5.41) is 9.34. The predicted molar refractivity (Wildman–Crippen MR) is 67.7 cm³/mol. The van der Waals surface area contributed by atoms with E-state index in [1.807, 2.05) is 6.07 Å². The third-order valence-corrected chi connectivity index (χ3v) is 3.33. The molecule has 1 aromatic heterocycles. The monoisotopic (exact) mass is 264 g/mol. The first-order chi connectivity index (χ1) is 8.70. The maximum atomic E-state index is 11.4. The summed E-state index contributed by atoms with van der Waals surface area (Å²) in [6.07, 6.45) is 1.46. The van der Waals surface area contributed by atoms with Crippen LogP contribution in [0, 0.1) is 0 Å². The summed E-state index contributed by atoms with van der Waals surface area (Å²) in [5.74, 6) is 0.874. The van der Waals surface area contributed by atoms with Gasteiger partial charge < -0.3 is 14.3 Å². The lowest BCUT2D eigenvalue weighted by Gasteiger charge is -2.02. The van der Waals surface area contributed by atoms with Crippen molar-refractivity contribution in [2.75, 3.05) is 7.11 Å². The molecule has 0 aliphatic heterocycles. The second kappa shape index (κ2) is 5.64. The number of carbonyl (C=O) groups excluding carboxylic acids is 1. The van der Waals surface area contributed by atoms with Gasteiger partial charge in [0.15, 0.2) is 0 Å². The number of carbonyl (C=O) groups is 1. The quantitative estimate of drug-likeness (QED) is 0.679. The highest BCUT2D eigenvalue weighted by Crippen LogP contribution is 2.27. The zero-order valence-electron chi connectivity index (χ0n) is 9.75. The normalized spacial score (nSPS) is 10.3. The van der Waals surface area contributed by atoms with E-state index in [0.717, 1.165) is 4.90 Å². The minimum atomic E-state index is -0.407. The number of furan rings is 1. The lowest BCUT2D eigenvalue weighted by atomic mass is 10.3. The van der Waals surface area contributed by atoms with E-state index in [1.54, 1.807) is 24.3 Å². The van der Waals surface area contributed by atoms with Gasteiger partial charge in [0.2, 0.25) is 0 Å². The molecule has 0 unspecified atom stereocenters. The van der Waals surface area contributed by atoms with Crippen molar-refractivity contribution in [2.24, 2.45) is 0 Å². The number of benzene rings is 1. The number of methoxy groups -OCH3 is 1. The summed E-state index contributed by atoms with van der Waals surface area (Å²) in [4.78, 5) is 12.3. The Bertz CT molecular complexity index is 547. The highest BCUT2D eigenvalue weighted by molar-refractivity contribution is 7.98. The standard InChI is InChI=1S/C13H12O4S/c1-16-13(15)11-5-6-17-12(11)8-18-10-4-2-3-9(14)7-10/h2-7,14H,8H2,1H3. The maximum Gasteiger partial charge on any atom is 0.341 e. The number of esters is 1. The number of thioether (sulfide) groups is 1. The van der Waals surface area contributed by atoms with Crippen LogP contribution in [0.3, 0.4) is 0 Å². The molecule has 0 saturated carbocycles. The molecule has 0 bridgehead atoms. The molecule has 0 aliphatic carbocycles. The fourth-order valence-corrected chi connectivity index (χ4v) is 2.37. The lowest BCUT2D eigenvalue weighted by molar-refractivity contribution is 0.0598. The summed E-state index contributed by atoms with van der Waals surface area (Å²) in [6, 6.07) is 8.50. The molecule has 2 aromatic rings. The van der Waals surface area contributed by atoms with Gasteiger partial charge in [-0.1, -0.05) is 6.07 Å². The van der Waals surface area contributed by atoms with Gasteiger partial charge in [0.05, 0.1) is 19.1 Å². The van der Waals surface area contributed by atoms with Crippen LogP contribution in [0.2, 0.25) is 0 Å². The van der Waals surface area contributed by atoms with Gasteiger partial charge in [-0.2, -0.15) is 0 Å². The molecule has 0 aliphatic rings. The van der Waals surface area contributed by atoms with Gasteiger partial charge in [-0.25, -0.2) is 4.79 Å². The first-order valence-electron chi connectivity index (χ1n) is 5.27. The van der Waals surface area contributed by atoms with Gasteiger partial charge in [-0.05, 0) is 24.3 Å². The first-order valence-corrected chi connectivity index (χ1v) is 6.26. The number of rotatable bonds is 4. The van der Waals surface area contributed by atoms with Crippen molar-refractivity contribution in [3.63, 3.8) is 0 Å². The van der Waals surface area contributed by atoms with E-state index < -0.39 is 5.97 Å². The second-order valence-corrected chi connectivity index (χ2v) is 4.58. The Morgan fingerprint density at radius 1 is 1.44 bits per heavy atom. The SMILES string of the molecule is COC(=O)c1ccoc1CSc1cccc(O)c1. The number of aromatic hydroxyl groups is 1. The third kappa shape index (κ3) is 2.87. The van der Waals surface area contributed by atoms with E-state index in [0.29, 0.717) is 17.1 Å². The summed E-state index contributed by atoms with van der Waals surface area (Å²) in [5.41, 5.74) is 0.435. The zero-order valence-corrected chi connectivity index (χ0v) is 10.6. The van der Waals surface area contributed by atoms with Gasteiger partial charge in [0.25, 0.3) is 0 Å². The van der Waals surface area contributed by atoms with Crippen molar-refractivity contribution in [1.29, 1.82) is 0 Å². The molecular formula is C13H12O4S. The van der Waals surface area contributed by atoms with Crippen LogP contribution >= 0.6 is 11.8 Å². The Kier molecular flexibility index (Phi) is 3.94. The van der Waals surface area contributed by atoms with Crippen molar-refractivity contribution in [3.05, 3.63) is 47.9 Å². The van der Waals surface area contributed by atoms with Crippen molar-refractivity contribution in [1.82, 2.24) is 0 Å². The molecule has 0 atom stereocenters. The number of phenols is 1. The number of phenolic OH excluding ortho intramolecular Hbond substituents is 1. The average Bonchev–Trinajstić information content (AvgIpc) is 2.84. The molecule has 4 nitrogen and oxygen atoms in total. The Morgan fingerprint density at radius 2 is 2.28 bits per heavy atom. The molecule has 0 spiro atoms. The molecule has 94 valence electrons. The van der Waals surface area contributed by atoms with Crippen LogP contribution in [0.5, 0.6) is 5.75 Å². The van der Waals surface area contributed by atoms with Crippen molar-refractivity contribution >= 4 is 17.7 Å². The topological polar surface area (TPSA) is 59.7 Å². The van der Waals surface area contributed by atoms with Gasteiger partial charge >= 0.3 is 5.97 Å². The molecule has 0 fully saturated rings. The van der Waals surface area contributed by atoms with E-state index >= 15 is 0 Å². The maximum absolute atomic E-state index is 11.4. The Labute approximate surface area is 109 Å². The van der Waals surface area contributed by atoms with E-state index in [-0.39, 0.29) is 5.75 Å². The Balaban J connectivity index is 2.07. The molecule has 18 heavy (non-hydrogen) atoms. The molecule has 1 aromatic carbocycles. The van der Waals surface area contributed by atoms with Gasteiger partial charge in [0.1, 0.15) is 17.1 Å². The van der Waals surface area contributed by atoms with Crippen LogP contribution in [-0.4, -0.2) is 18.2 Å². The van der Waals surface area contributed by atoms with E-state index in [2.05, 4.69) is 4.74 Å². The fraction of sp³-hybridized carbons (Fsp3) is 0.154. The molecule has 0 radical (unpaired) electrons. The summed E-state index contributed by atoms with van der Waals surface area (Å²) in [6.45, 7) is 0. The number of hydrogen-bond donors (Lipinski definition) is 1. The lowest BCUT2D eigenvalue weighted by Crippen LogP contribution is -2.02. The summed E-state index contributed by atoms with van der Waals surface area (Å²) < 4.78 is 9.91. The van der Waals surface area contributed by atoms with Gasteiger partial charge in [-0.3, -0.25) is 0 Å². The molecule has 0 amide bonds.